The second-order valence-corrected chi connectivity index (χ2v) is 4.56. The van der Waals surface area contributed by atoms with Crippen LogP contribution in [0, 0.1) is 5.92 Å². The Morgan fingerprint density at radius 2 is 2.00 bits per heavy atom. The summed E-state index contributed by atoms with van der Waals surface area (Å²) >= 11 is 0. The van der Waals surface area contributed by atoms with Gasteiger partial charge in [0.25, 0.3) is 0 Å². The molecule has 1 atom stereocenters. The first-order chi connectivity index (χ1) is 7.24. The van der Waals surface area contributed by atoms with Crippen LogP contribution in [0.15, 0.2) is 0 Å². The third-order valence-electron chi connectivity index (χ3n) is 3.45. The molecule has 0 aromatic rings. The van der Waals surface area contributed by atoms with Gasteiger partial charge in [0.05, 0.1) is 0 Å². The molecular weight excluding hydrogens is 188 g/mol. The van der Waals surface area contributed by atoms with Gasteiger partial charge >= 0.3 is 0 Å². The zero-order valence-electron chi connectivity index (χ0n) is 10.0. The SMILES string of the molecule is CNC(=O)CCNC(C)C1CCCCC1. The van der Waals surface area contributed by atoms with E-state index in [0.29, 0.717) is 12.5 Å². The molecule has 1 amide bonds. The van der Waals surface area contributed by atoms with Gasteiger partial charge < -0.3 is 10.6 Å². The van der Waals surface area contributed by atoms with E-state index in [1.165, 1.54) is 32.1 Å². The van der Waals surface area contributed by atoms with Gasteiger partial charge in [0.2, 0.25) is 5.91 Å². The largest absolute Gasteiger partial charge is 0.359 e. The number of rotatable bonds is 5. The molecule has 1 saturated carbocycles. The summed E-state index contributed by atoms with van der Waals surface area (Å²) in [6.45, 7) is 3.05. The molecule has 88 valence electrons. The van der Waals surface area contributed by atoms with Crippen LogP contribution in [0.2, 0.25) is 0 Å². The Hall–Kier alpha value is -0.570. The highest BCUT2D eigenvalue weighted by Gasteiger charge is 2.19. The standard InChI is InChI=1S/C12H24N2O/c1-10(11-6-4-3-5-7-11)14-9-8-12(15)13-2/h10-11,14H,3-9H2,1-2H3,(H,13,15). The van der Waals surface area contributed by atoms with Crippen LogP contribution in [0.5, 0.6) is 0 Å². The predicted octanol–water partition coefficient (Wildman–Crippen LogP) is 1.68. The molecule has 1 rings (SSSR count). The molecule has 2 N–H and O–H groups in total. The molecule has 1 aliphatic rings. The van der Waals surface area contributed by atoms with E-state index in [-0.39, 0.29) is 5.91 Å². The van der Waals surface area contributed by atoms with Gasteiger partial charge in [0.15, 0.2) is 0 Å². The molecule has 0 radical (unpaired) electrons. The summed E-state index contributed by atoms with van der Waals surface area (Å²) in [6.07, 6.45) is 7.47. The molecule has 0 aliphatic heterocycles. The molecule has 0 saturated heterocycles. The van der Waals surface area contributed by atoms with Crippen molar-refractivity contribution < 1.29 is 4.79 Å². The van der Waals surface area contributed by atoms with E-state index in [9.17, 15) is 4.79 Å². The van der Waals surface area contributed by atoms with E-state index in [0.717, 1.165) is 12.5 Å². The minimum Gasteiger partial charge on any atom is -0.359 e. The highest BCUT2D eigenvalue weighted by atomic mass is 16.1. The van der Waals surface area contributed by atoms with Gasteiger partial charge in [-0.25, -0.2) is 0 Å². The van der Waals surface area contributed by atoms with Gasteiger partial charge in [-0.05, 0) is 25.7 Å². The third kappa shape index (κ3) is 4.65. The Morgan fingerprint density at radius 3 is 2.60 bits per heavy atom. The fourth-order valence-electron chi connectivity index (χ4n) is 2.34. The van der Waals surface area contributed by atoms with Gasteiger partial charge in [-0.15, -0.1) is 0 Å². The van der Waals surface area contributed by atoms with Crippen molar-refractivity contribution in [1.29, 1.82) is 0 Å². The maximum Gasteiger partial charge on any atom is 0.221 e. The quantitative estimate of drug-likeness (QED) is 0.728. The summed E-state index contributed by atoms with van der Waals surface area (Å²) in [5.41, 5.74) is 0. The van der Waals surface area contributed by atoms with Crippen molar-refractivity contribution in [2.75, 3.05) is 13.6 Å². The Bertz CT molecular complexity index is 188. The lowest BCUT2D eigenvalue weighted by molar-refractivity contribution is -0.120. The highest BCUT2D eigenvalue weighted by molar-refractivity contribution is 5.75. The number of amides is 1. The first-order valence-electron chi connectivity index (χ1n) is 6.18. The maximum atomic E-state index is 11.0. The monoisotopic (exact) mass is 212 g/mol. The van der Waals surface area contributed by atoms with Crippen LogP contribution in [0.3, 0.4) is 0 Å². The molecule has 0 aromatic carbocycles. The van der Waals surface area contributed by atoms with E-state index in [4.69, 9.17) is 0 Å². The van der Waals surface area contributed by atoms with Gasteiger partial charge in [0, 0.05) is 26.1 Å². The van der Waals surface area contributed by atoms with Crippen LogP contribution in [-0.4, -0.2) is 25.5 Å². The molecule has 3 heteroatoms. The third-order valence-corrected chi connectivity index (χ3v) is 3.45. The summed E-state index contributed by atoms with van der Waals surface area (Å²) in [7, 11) is 1.69. The van der Waals surface area contributed by atoms with E-state index in [1.807, 2.05) is 0 Å². The smallest absolute Gasteiger partial charge is 0.221 e. The van der Waals surface area contributed by atoms with E-state index in [1.54, 1.807) is 7.05 Å². The van der Waals surface area contributed by atoms with Gasteiger partial charge in [-0.3, -0.25) is 4.79 Å². The summed E-state index contributed by atoms with van der Waals surface area (Å²) < 4.78 is 0. The fourth-order valence-corrected chi connectivity index (χ4v) is 2.34. The lowest BCUT2D eigenvalue weighted by atomic mass is 9.84. The first-order valence-corrected chi connectivity index (χ1v) is 6.18. The van der Waals surface area contributed by atoms with Gasteiger partial charge in [0.1, 0.15) is 0 Å². The average molecular weight is 212 g/mol. The number of hydrogen-bond acceptors (Lipinski definition) is 2. The Kier molecular flexibility index (Phi) is 5.69. The van der Waals surface area contributed by atoms with Crippen molar-refractivity contribution in [2.45, 2.75) is 51.5 Å². The van der Waals surface area contributed by atoms with Crippen LogP contribution >= 0.6 is 0 Å². The van der Waals surface area contributed by atoms with Crippen molar-refractivity contribution in [2.24, 2.45) is 5.92 Å². The molecule has 15 heavy (non-hydrogen) atoms. The average Bonchev–Trinajstić information content (AvgIpc) is 2.29. The van der Waals surface area contributed by atoms with Crippen molar-refractivity contribution in [3.05, 3.63) is 0 Å². The number of nitrogens with one attached hydrogen (secondary N) is 2. The van der Waals surface area contributed by atoms with Crippen molar-refractivity contribution >= 4 is 5.91 Å². The topological polar surface area (TPSA) is 41.1 Å². The molecule has 0 spiro atoms. The number of hydrogen-bond donors (Lipinski definition) is 2. The molecular formula is C12H24N2O. The fraction of sp³-hybridized carbons (Fsp3) is 0.917. The summed E-state index contributed by atoms with van der Waals surface area (Å²) in [5.74, 6) is 0.946. The van der Waals surface area contributed by atoms with Gasteiger partial charge in [-0.1, -0.05) is 19.3 Å². The minimum absolute atomic E-state index is 0.123. The Labute approximate surface area is 93.0 Å². The van der Waals surface area contributed by atoms with E-state index in [2.05, 4.69) is 17.6 Å². The first kappa shape index (κ1) is 12.5. The van der Waals surface area contributed by atoms with Crippen LogP contribution in [-0.2, 0) is 4.79 Å². The lowest BCUT2D eigenvalue weighted by Gasteiger charge is -2.28. The summed E-state index contributed by atoms with van der Waals surface area (Å²) in [5, 5.41) is 6.10. The Morgan fingerprint density at radius 1 is 1.33 bits per heavy atom. The zero-order chi connectivity index (χ0) is 11.1. The van der Waals surface area contributed by atoms with Crippen LogP contribution in [0.25, 0.3) is 0 Å². The summed E-state index contributed by atoms with van der Waals surface area (Å²) in [4.78, 5) is 11.0. The molecule has 3 nitrogen and oxygen atoms in total. The van der Waals surface area contributed by atoms with E-state index >= 15 is 0 Å². The van der Waals surface area contributed by atoms with Crippen molar-refractivity contribution in [1.82, 2.24) is 10.6 Å². The molecule has 0 heterocycles. The van der Waals surface area contributed by atoms with Crippen molar-refractivity contribution in [3.8, 4) is 0 Å². The number of carbonyl (C=O) groups is 1. The van der Waals surface area contributed by atoms with Crippen molar-refractivity contribution in [3.63, 3.8) is 0 Å². The second-order valence-electron chi connectivity index (χ2n) is 4.56. The minimum atomic E-state index is 0.123. The van der Waals surface area contributed by atoms with Gasteiger partial charge in [-0.2, -0.15) is 0 Å². The Balaban J connectivity index is 2.11. The highest BCUT2D eigenvalue weighted by Crippen LogP contribution is 2.26. The lowest BCUT2D eigenvalue weighted by Crippen LogP contribution is -2.36. The predicted molar refractivity (Wildman–Crippen MR) is 62.7 cm³/mol. The maximum absolute atomic E-state index is 11.0. The summed E-state index contributed by atoms with van der Waals surface area (Å²) in [6, 6.07) is 0.565. The molecule has 0 aromatic heterocycles. The van der Waals surface area contributed by atoms with Crippen LogP contribution in [0.1, 0.15) is 45.4 Å². The van der Waals surface area contributed by atoms with Crippen LogP contribution < -0.4 is 10.6 Å². The molecule has 1 unspecified atom stereocenters. The molecule has 0 bridgehead atoms. The molecule has 1 fully saturated rings. The molecule has 1 aliphatic carbocycles. The van der Waals surface area contributed by atoms with E-state index < -0.39 is 0 Å². The second kappa shape index (κ2) is 6.83. The normalized spacial score (nSPS) is 19.9. The zero-order valence-corrected chi connectivity index (χ0v) is 10.0. The number of carbonyl (C=O) groups excluding carboxylic acids is 1. The van der Waals surface area contributed by atoms with Crippen LogP contribution in [0.4, 0.5) is 0 Å².